The van der Waals surface area contributed by atoms with Gasteiger partial charge in [-0.15, -0.1) is 0 Å². The summed E-state index contributed by atoms with van der Waals surface area (Å²) in [7, 11) is -0.657. The molecule has 2 saturated heterocycles. The van der Waals surface area contributed by atoms with Gasteiger partial charge in [0.2, 0.25) is 0 Å². The van der Waals surface area contributed by atoms with Crippen LogP contribution in [0.25, 0.3) is 0 Å². The highest BCUT2D eigenvalue weighted by molar-refractivity contribution is 7.86. The molecule has 0 aromatic carbocycles. The van der Waals surface area contributed by atoms with Gasteiger partial charge in [-0.2, -0.15) is 0 Å². The second-order valence-corrected chi connectivity index (χ2v) is 8.41. The van der Waals surface area contributed by atoms with E-state index in [0.717, 1.165) is 44.4 Å². The molecule has 0 spiro atoms. The Hall–Kier alpha value is 0.110. The summed E-state index contributed by atoms with van der Waals surface area (Å²) in [4.78, 5) is 0. The first kappa shape index (κ1) is 13.5. The number of hydrogen-bond donors (Lipinski definition) is 1. The lowest BCUT2D eigenvalue weighted by Gasteiger charge is -2.43. The molecule has 0 radical (unpaired) electrons. The molecule has 17 heavy (non-hydrogen) atoms. The zero-order valence-electron chi connectivity index (χ0n) is 11.2. The first-order valence-corrected chi connectivity index (χ1v) is 8.39. The van der Waals surface area contributed by atoms with Crippen LogP contribution in [0.2, 0.25) is 0 Å². The van der Waals surface area contributed by atoms with E-state index in [0.29, 0.717) is 0 Å². The fraction of sp³-hybridized carbons (Fsp3) is 1.00. The van der Waals surface area contributed by atoms with Crippen LogP contribution >= 0.6 is 0 Å². The highest BCUT2D eigenvalue weighted by Crippen LogP contribution is 2.41. The third-order valence-electron chi connectivity index (χ3n) is 4.35. The predicted molar refractivity (Wildman–Crippen MR) is 72.4 cm³/mol. The average Bonchev–Trinajstić information content (AvgIpc) is 2.20. The molecule has 1 N–H and O–H groups in total. The normalized spacial score (nSPS) is 41.8. The van der Waals surface area contributed by atoms with Crippen molar-refractivity contribution in [2.45, 2.75) is 81.3 Å². The fourth-order valence-electron chi connectivity index (χ4n) is 3.42. The smallest absolute Gasteiger partial charge is 0.0670 e. The molecule has 0 aromatic rings. The van der Waals surface area contributed by atoms with Gasteiger partial charge >= 0.3 is 0 Å². The Morgan fingerprint density at radius 2 is 1.88 bits per heavy atom. The Morgan fingerprint density at radius 3 is 2.41 bits per heavy atom. The zero-order valence-corrected chi connectivity index (χ0v) is 12.0. The molecular weight excluding hydrogens is 232 g/mol. The highest BCUT2D eigenvalue weighted by Gasteiger charge is 2.44. The van der Waals surface area contributed by atoms with Crippen molar-refractivity contribution in [3.8, 4) is 0 Å². The minimum Gasteiger partial charge on any atom is -0.390 e. The third kappa shape index (κ3) is 3.31. The van der Waals surface area contributed by atoms with Crippen LogP contribution in [0.15, 0.2) is 0 Å². The molecule has 0 aliphatic carbocycles. The monoisotopic (exact) mass is 258 g/mol. The minimum atomic E-state index is -0.657. The number of rotatable bonds is 4. The van der Waals surface area contributed by atoms with Gasteiger partial charge in [-0.05, 0) is 38.0 Å². The lowest BCUT2D eigenvalue weighted by Crippen LogP contribution is -2.49. The van der Waals surface area contributed by atoms with Gasteiger partial charge in [-0.3, -0.25) is 4.21 Å². The van der Waals surface area contributed by atoms with Crippen molar-refractivity contribution in [3.05, 3.63) is 0 Å². The largest absolute Gasteiger partial charge is 0.390 e. The van der Waals surface area contributed by atoms with Crippen LogP contribution in [0.4, 0.5) is 0 Å². The van der Waals surface area contributed by atoms with Crippen LogP contribution in [-0.4, -0.2) is 25.4 Å². The van der Waals surface area contributed by atoms with E-state index in [-0.39, 0.29) is 10.5 Å². The van der Waals surface area contributed by atoms with Crippen LogP contribution in [0.5, 0.6) is 0 Å². The molecule has 2 heterocycles. The van der Waals surface area contributed by atoms with Crippen molar-refractivity contribution in [1.29, 1.82) is 0 Å². The Labute approximate surface area is 108 Å². The van der Waals surface area contributed by atoms with Gasteiger partial charge in [0.15, 0.2) is 0 Å². The molecule has 2 aliphatic heterocycles. The van der Waals surface area contributed by atoms with Crippen molar-refractivity contribution in [3.63, 3.8) is 0 Å². The molecule has 3 heteroatoms. The van der Waals surface area contributed by atoms with Crippen LogP contribution < -0.4 is 0 Å². The lowest BCUT2D eigenvalue weighted by atomic mass is 9.81. The lowest BCUT2D eigenvalue weighted by molar-refractivity contribution is 0.000367. The van der Waals surface area contributed by atoms with Gasteiger partial charge in [0.05, 0.1) is 5.60 Å². The van der Waals surface area contributed by atoms with E-state index >= 15 is 0 Å². The Kier molecular flexibility index (Phi) is 4.30. The van der Waals surface area contributed by atoms with Crippen molar-refractivity contribution in [2.24, 2.45) is 5.92 Å². The van der Waals surface area contributed by atoms with Crippen molar-refractivity contribution >= 4 is 10.8 Å². The van der Waals surface area contributed by atoms with Crippen molar-refractivity contribution < 1.29 is 9.32 Å². The second-order valence-electron chi connectivity index (χ2n) is 6.42. The minimum absolute atomic E-state index is 0.284. The van der Waals surface area contributed by atoms with Crippen LogP contribution in [0.1, 0.15) is 65.2 Å². The van der Waals surface area contributed by atoms with Crippen molar-refractivity contribution in [2.75, 3.05) is 0 Å². The Balaban J connectivity index is 1.90. The van der Waals surface area contributed by atoms with Gasteiger partial charge in [0.1, 0.15) is 0 Å². The standard InChI is InChI=1S/C14H26O2S/c1-11(2)5-4-8-14(15)9-12-6-3-7-13(10-14)17(12)16/h11-13,15H,3-10H2,1-2H3. The maximum Gasteiger partial charge on any atom is 0.0670 e. The summed E-state index contributed by atoms with van der Waals surface area (Å²) in [6.45, 7) is 4.46. The summed E-state index contributed by atoms with van der Waals surface area (Å²) < 4.78 is 12.1. The highest BCUT2D eigenvalue weighted by atomic mass is 32.2. The van der Waals surface area contributed by atoms with Crippen molar-refractivity contribution in [1.82, 2.24) is 0 Å². The maximum atomic E-state index is 12.1. The fourth-order valence-corrected chi connectivity index (χ4v) is 5.71. The molecule has 2 rings (SSSR count). The first-order chi connectivity index (χ1) is 8.00. The molecule has 2 atom stereocenters. The molecule has 0 amide bonds. The number of hydrogen-bond acceptors (Lipinski definition) is 2. The van der Waals surface area contributed by atoms with Gasteiger partial charge < -0.3 is 5.11 Å². The van der Waals surface area contributed by atoms with Gasteiger partial charge in [0.25, 0.3) is 0 Å². The van der Waals surface area contributed by atoms with E-state index in [2.05, 4.69) is 13.8 Å². The van der Waals surface area contributed by atoms with E-state index in [1.807, 2.05) is 0 Å². The van der Waals surface area contributed by atoms with E-state index in [9.17, 15) is 9.32 Å². The second kappa shape index (κ2) is 5.40. The average molecular weight is 258 g/mol. The summed E-state index contributed by atoms with van der Waals surface area (Å²) in [5, 5.41) is 11.2. The predicted octanol–water partition coefficient (Wildman–Crippen LogP) is 3.01. The van der Waals surface area contributed by atoms with E-state index < -0.39 is 16.4 Å². The molecule has 2 bridgehead atoms. The quantitative estimate of drug-likeness (QED) is 0.841. The van der Waals surface area contributed by atoms with Gasteiger partial charge in [-0.1, -0.05) is 33.1 Å². The molecule has 2 nitrogen and oxygen atoms in total. The summed E-state index contributed by atoms with van der Waals surface area (Å²) in [5.74, 6) is 0.718. The van der Waals surface area contributed by atoms with E-state index in [1.54, 1.807) is 0 Å². The van der Waals surface area contributed by atoms with Crippen LogP contribution in [0, 0.1) is 5.92 Å². The zero-order chi connectivity index (χ0) is 12.5. The maximum absolute atomic E-state index is 12.1. The molecule has 2 unspecified atom stereocenters. The summed E-state index contributed by atoms with van der Waals surface area (Å²) in [6.07, 6.45) is 8.13. The van der Waals surface area contributed by atoms with Gasteiger partial charge in [-0.25, -0.2) is 0 Å². The molecule has 0 aromatic heterocycles. The molecule has 100 valence electrons. The van der Waals surface area contributed by atoms with E-state index in [4.69, 9.17) is 0 Å². The first-order valence-electron chi connectivity index (χ1n) is 7.12. The van der Waals surface area contributed by atoms with Gasteiger partial charge in [0, 0.05) is 21.3 Å². The topological polar surface area (TPSA) is 37.3 Å². The molecule has 2 aliphatic rings. The molecule has 0 saturated carbocycles. The summed E-state index contributed by atoms with van der Waals surface area (Å²) in [5.41, 5.74) is -0.501. The molecule has 2 fully saturated rings. The Bertz CT molecular complexity index is 272. The van der Waals surface area contributed by atoms with Crippen LogP contribution in [0.3, 0.4) is 0 Å². The SMILES string of the molecule is CC(C)CCCC1(O)CC2CCCC(C1)S2=O. The number of aliphatic hydroxyl groups is 1. The summed E-state index contributed by atoms with van der Waals surface area (Å²) in [6, 6.07) is 0. The molecular formula is C14H26O2S. The summed E-state index contributed by atoms with van der Waals surface area (Å²) >= 11 is 0. The number of fused-ring (bicyclic) bond motifs is 2. The third-order valence-corrected chi connectivity index (χ3v) is 6.47. The van der Waals surface area contributed by atoms with E-state index in [1.165, 1.54) is 12.8 Å². The van der Waals surface area contributed by atoms with Crippen LogP contribution in [-0.2, 0) is 10.8 Å². The Morgan fingerprint density at radius 1 is 1.29 bits per heavy atom.